The topological polar surface area (TPSA) is 31.2 Å². The minimum Gasteiger partial charge on any atom is -0.376 e. The van der Waals surface area contributed by atoms with Gasteiger partial charge in [0, 0.05) is 39.5 Å². The molecule has 1 aliphatic rings. The number of aromatic nitrogens is 1. The van der Waals surface area contributed by atoms with E-state index in [1.807, 2.05) is 37.3 Å². The molecule has 5 heteroatoms. The number of carbonyl (C=O) groups excluding carboxylic acids is 1. The van der Waals surface area contributed by atoms with Crippen molar-refractivity contribution in [3.05, 3.63) is 51.8 Å². The van der Waals surface area contributed by atoms with Gasteiger partial charge in [0.1, 0.15) is 0 Å². The van der Waals surface area contributed by atoms with Crippen LogP contribution in [0, 0.1) is 13.8 Å². The van der Waals surface area contributed by atoms with Gasteiger partial charge in [0.15, 0.2) is 5.78 Å². The maximum absolute atomic E-state index is 12.6. The van der Waals surface area contributed by atoms with Crippen LogP contribution in [-0.4, -0.2) is 28.8 Å². The molecule has 128 valence electrons. The first-order valence-electron chi connectivity index (χ1n) is 8.24. The summed E-state index contributed by atoms with van der Waals surface area (Å²) in [5.74, 6) is 0.654. The van der Waals surface area contributed by atoms with Crippen LogP contribution in [0.4, 0.5) is 0 Å². The van der Waals surface area contributed by atoms with Crippen molar-refractivity contribution in [3.8, 4) is 0 Å². The van der Waals surface area contributed by atoms with Gasteiger partial charge in [-0.2, -0.15) is 0 Å². The predicted molar refractivity (Wildman–Crippen MR) is 102 cm³/mol. The molecule has 0 spiro atoms. The molecular weight excluding hydrogens is 386 g/mol. The number of benzene rings is 1. The van der Waals surface area contributed by atoms with Crippen molar-refractivity contribution in [3.63, 3.8) is 0 Å². The molecule has 0 unspecified atom stereocenters. The molecule has 0 bridgehead atoms. The molecule has 1 aliphatic heterocycles. The molecule has 2 heterocycles. The number of hydrogen-bond acceptors (Lipinski definition) is 3. The van der Waals surface area contributed by atoms with Gasteiger partial charge in [-0.05, 0) is 57.0 Å². The molecule has 1 aromatic carbocycles. The molecule has 0 radical (unpaired) electrons. The Labute approximate surface area is 155 Å². The van der Waals surface area contributed by atoms with E-state index in [0.29, 0.717) is 5.75 Å². The van der Waals surface area contributed by atoms with Gasteiger partial charge in [0.2, 0.25) is 0 Å². The summed E-state index contributed by atoms with van der Waals surface area (Å²) < 4.78 is 9.02. The number of rotatable bonds is 6. The highest BCUT2D eigenvalue weighted by Crippen LogP contribution is 2.24. The van der Waals surface area contributed by atoms with Crippen molar-refractivity contribution in [2.45, 2.75) is 44.2 Å². The van der Waals surface area contributed by atoms with Crippen LogP contribution in [-0.2, 0) is 11.3 Å². The average Bonchev–Trinajstić information content (AvgIpc) is 3.18. The number of nitrogens with zero attached hydrogens (tertiary/aromatic N) is 1. The Morgan fingerprint density at radius 1 is 1.33 bits per heavy atom. The SMILES string of the molecule is Cc1cc(C(=O)CSc2ccc(Br)cc2)c(C)n1C[C@H]1CCCO1. The molecule has 1 aromatic heterocycles. The molecule has 1 saturated heterocycles. The number of hydrogen-bond donors (Lipinski definition) is 0. The second-order valence-electron chi connectivity index (χ2n) is 6.20. The standard InChI is InChI=1S/C19H22BrNO2S/c1-13-10-18(14(2)21(13)11-16-4-3-9-23-16)19(22)12-24-17-7-5-15(20)6-8-17/h5-8,10,16H,3-4,9,11-12H2,1-2H3/t16-/m1/s1. The van der Waals surface area contributed by atoms with Gasteiger partial charge in [-0.3, -0.25) is 4.79 Å². The molecular formula is C19H22BrNO2S. The molecule has 0 aliphatic carbocycles. The number of ether oxygens (including phenoxy) is 1. The highest BCUT2D eigenvalue weighted by atomic mass is 79.9. The maximum atomic E-state index is 12.6. The third kappa shape index (κ3) is 4.13. The smallest absolute Gasteiger partial charge is 0.174 e. The predicted octanol–water partition coefficient (Wildman–Crippen LogP) is 5.02. The Hall–Kier alpha value is -1.04. The van der Waals surface area contributed by atoms with Gasteiger partial charge in [-0.15, -0.1) is 11.8 Å². The zero-order chi connectivity index (χ0) is 17.1. The van der Waals surface area contributed by atoms with Gasteiger partial charge in [-0.25, -0.2) is 0 Å². The Morgan fingerprint density at radius 2 is 2.08 bits per heavy atom. The molecule has 0 N–H and O–H groups in total. The Kier molecular flexibility index (Phi) is 5.85. The number of Topliss-reactive ketones (excluding diaryl/α,β-unsaturated/α-hetero) is 1. The van der Waals surface area contributed by atoms with E-state index in [1.54, 1.807) is 11.8 Å². The number of halogens is 1. The van der Waals surface area contributed by atoms with E-state index in [0.717, 1.165) is 52.3 Å². The lowest BCUT2D eigenvalue weighted by atomic mass is 10.2. The first-order valence-corrected chi connectivity index (χ1v) is 10.0. The molecule has 0 amide bonds. The van der Waals surface area contributed by atoms with E-state index in [1.165, 1.54) is 0 Å². The third-order valence-electron chi connectivity index (χ3n) is 4.47. The quantitative estimate of drug-likeness (QED) is 0.497. The number of aryl methyl sites for hydroxylation is 1. The molecule has 24 heavy (non-hydrogen) atoms. The van der Waals surface area contributed by atoms with Gasteiger partial charge < -0.3 is 9.30 Å². The molecule has 1 fully saturated rings. The fourth-order valence-electron chi connectivity index (χ4n) is 3.11. The van der Waals surface area contributed by atoms with Crippen LogP contribution in [0.5, 0.6) is 0 Å². The molecule has 1 atom stereocenters. The lowest BCUT2D eigenvalue weighted by Gasteiger charge is -2.14. The van der Waals surface area contributed by atoms with Crippen molar-refractivity contribution < 1.29 is 9.53 Å². The van der Waals surface area contributed by atoms with Crippen molar-refractivity contribution in [2.24, 2.45) is 0 Å². The number of carbonyl (C=O) groups is 1. The highest BCUT2D eigenvalue weighted by Gasteiger charge is 2.21. The Balaban J connectivity index is 1.67. The van der Waals surface area contributed by atoms with Crippen LogP contribution in [0.1, 0.15) is 34.6 Å². The van der Waals surface area contributed by atoms with Crippen molar-refractivity contribution >= 4 is 33.5 Å². The lowest BCUT2D eigenvalue weighted by molar-refractivity contribution is 0.0957. The lowest BCUT2D eigenvalue weighted by Crippen LogP contribution is -2.17. The van der Waals surface area contributed by atoms with E-state index < -0.39 is 0 Å². The summed E-state index contributed by atoms with van der Waals surface area (Å²) in [5.41, 5.74) is 3.04. The third-order valence-corrected chi connectivity index (χ3v) is 6.01. The minimum atomic E-state index is 0.189. The number of ketones is 1. The average molecular weight is 408 g/mol. The van der Waals surface area contributed by atoms with E-state index in [-0.39, 0.29) is 11.9 Å². The zero-order valence-electron chi connectivity index (χ0n) is 14.0. The monoisotopic (exact) mass is 407 g/mol. The van der Waals surface area contributed by atoms with Crippen LogP contribution >= 0.6 is 27.7 Å². The summed E-state index contributed by atoms with van der Waals surface area (Å²) in [4.78, 5) is 13.7. The molecule has 3 nitrogen and oxygen atoms in total. The van der Waals surface area contributed by atoms with Crippen molar-refractivity contribution in [1.29, 1.82) is 0 Å². The summed E-state index contributed by atoms with van der Waals surface area (Å²) in [6.45, 7) is 5.82. The molecule has 2 aromatic rings. The van der Waals surface area contributed by atoms with Crippen LogP contribution in [0.2, 0.25) is 0 Å². The van der Waals surface area contributed by atoms with Crippen molar-refractivity contribution in [2.75, 3.05) is 12.4 Å². The van der Waals surface area contributed by atoms with E-state index in [9.17, 15) is 4.79 Å². The summed E-state index contributed by atoms with van der Waals surface area (Å²) in [6, 6.07) is 10.1. The highest BCUT2D eigenvalue weighted by molar-refractivity contribution is 9.10. The van der Waals surface area contributed by atoms with E-state index in [2.05, 4.69) is 27.4 Å². The second-order valence-corrected chi connectivity index (χ2v) is 8.16. The van der Waals surface area contributed by atoms with Crippen LogP contribution < -0.4 is 0 Å². The summed E-state index contributed by atoms with van der Waals surface area (Å²) in [7, 11) is 0. The number of thioether (sulfide) groups is 1. The van der Waals surface area contributed by atoms with Crippen LogP contribution in [0.25, 0.3) is 0 Å². The van der Waals surface area contributed by atoms with Gasteiger partial charge in [0.05, 0.1) is 11.9 Å². The van der Waals surface area contributed by atoms with Gasteiger partial charge >= 0.3 is 0 Å². The fraction of sp³-hybridized carbons (Fsp3) is 0.421. The fourth-order valence-corrected chi connectivity index (χ4v) is 4.16. The summed E-state index contributed by atoms with van der Waals surface area (Å²) in [6.07, 6.45) is 2.54. The first kappa shape index (κ1) is 17.8. The second kappa shape index (κ2) is 7.89. The Morgan fingerprint density at radius 3 is 2.75 bits per heavy atom. The van der Waals surface area contributed by atoms with Gasteiger partial charge in [0.25, 0.3) is 0 Å². The molecule has 0 saturated carbocycles. The molecule has 3 rings (SSSR count). The first-order chi connectivity index (χ1) is 11.5. The summed E-state index contributed by atoms with van der Waals surface area (Å²) >= 11 is 5.01. The minimum absolute atomic E-state index is 0.189. The Bertz CT molecular complexity index is 718. The van der Waals surface area contributed by atoms with Crippen molar-refractivity contribution in [1.82, 2.24) is 4.57 Å². The maximum Gasteiger partial charge on any atom is 0.174 e. The van der Waals surface area contributed by atoms with E-state index >= 15 is 0 Å². The normalized spacial score (nSPS) is 17.4. The van der Waals surface area contributed by atoms with E-state index in [4.69, 9.17) is 4.74 Å². The van der Waals surface area contributed by atoms with Crippen LogP contribution in [0.15, 0.2) is 39.7 Å². The van der Waals surface area contributed by atoms with Gasteiger partial charge in [-0.1, -0.05) is 15.9 Å². The zero-order valence-corrected chi connectivity index (χ0v) is 16.5. The largest absolute Gasteiger partial charge is 0.376 e. The summed E-state index contributed by atoms with van der Waals surface area (Å²) in [5, 5.41) is 0. The van der Waals surface area contributed by atoms with Crippen LogP contribution in [0.3, 0.4) is 0 Å².